The van der Waals surface area contributed by atoms with E-state index in [0.29, 0.717) is 0 Å². The topological polar surface area (TPSA) is 55.1 Å². The standard InChI is InChI=1S/C14H20N2O/c1-10(11-6-3-2-4-7-11)16-14(17)12-8-5-9-13(12)15/h2-4,6-7,10,12-13H,5,8-9,15H2,1H3,(H,16,17)/t10-,12?,13?/m1/s1. The van der Waals surface area contributed by atoms with Crippen molar-refractivity contribution in [1.29, 1.82) is 0 Å². The summed E-state index contributed by atoms with van der Waals surface area (Å²) in [7, 11) is 0. The number of hydrogen-bond acceptors (Lipinski definition) is 2. The van der Waals surface area contributed by atoms with E-state index in [1.165, 1.54) is 0 Å². The Morgan fingerprint density at radius 3 is 2.65 bits per heavy atom. The van der Waals surface area contributed by atoms with E-state index in [2.05, 4.69) is 5.32 Å². The minimum atomic E-state index is 0.00108. The zero-order valence-corrected chi connectivity index (χ0v) is 10.2. The first-order chi connectivity index (χ1) is 8.18. The average molecular weight is 232 g/mol. The second-order valence-corrected chi connectivity index (χ2v) is 4.84. The van der Waals surface area contributed by atoms with Gasteiger partial charge >= 0.3 is 0 Å². The van der Waals surface area contributed by atoms with Crippen LogP contribution in [0.15, 0.2) is 30.3 Å². The SMILES string of the molecule is C[C@@H](NC(=O)C1CCCC1N)c1ccccc1. The van der Waals surface area contributed by atoms with Crippen molar-refractivity contribution in [2.24, 2.45) is 11.7 Å². The van der Waals surface area contributed by atoms with Crippen LogP contribution in [0.25, 0.3) is 0 Å². The zero-order valence-electron chi connectivity index (χ0n) is 10.2. The van der Waals surface area contributed by atoms with Gasteiger partial charge in [-0.15, -0.1) is 0 Å². The number of rotatable bonds is 3. The van der Waals surface area contributed by atoms with Crippen LogP contribution in [-0.4, -0.2) is 11.9 Å². The van der Waals surface area contributed by atoms with Crippen LogP contribution in [0.3, 0.4) is 0 Å². The molecule has 0 heterocycles. The summed E-state index contributed by atoms with van der Waals surface area (Å²) in [6.07, 6.45) is 2.96. The highest BCUT2D eigenvalue weighted by molar-refractivity contribution is 5.80. The molecule has 3 nitrogen and oxygen atoms in total. The highest BCUT2D eigenvalue weighted by Crippen LogP contribution is 2.25. The molecular weight excluding hydrogens is 212 g/mol. The Kier molecular flexibility index (Phi) is 3.79. The van der Waals surface area contributed by atoms with E-state index in [9.17, 15) is 4.79 Å². The first-order valence-corrected chi connectivity index (χ1v) is 6.29. The molecule has 2 rings (SSSR count). The van der Waals surface area contributed by atoms with E-state index in [1.54, 1.807) is 0 Å². The van der Waals surface area contributed by atoms with Crippen LogP contribution in [0.5, 0.6) is 0 Å². The lowest BCUT2D eigenvalue weighted by molar-refractivity contribution is -0.125. The van der Waals surface area contributed by atoms with Crippen LogP contribution in [0.2, 0.25) is 0 Å². The highest BCUT2D eigenvalue weighted by atomic mass is 16.2. The summed E-state index contributed by atoms with van der Waals surface area (Å²) in [4.78, 5) is 12.0. The number of carbonyl (C=O) groups excluding carboxylic acids is 1. The molecule has 0 aliphatic heterocycles. The molecule has 0 saturated heterocycles. The molecule has 3 heteroatoms. The van der Waals surface area contributed by atoms with Gasteiger partial charge in [0.05, 0.1) is 12.0 Å². The van der Waals surface area contributed by atoms with E-state index < -0.39 is 0 Å². The number of amides is 1. The van der Waals surface area contributed by atoms with E-state index >= 15 is 0 Å². The molecule has 0 spiro atoms. The van der Waals surface area contributed by atoms with Crippen LogP contribution in [0.4, 0.5) is 0 Å². The van der Waals surface area contributed by atoms with Crippen LogP contribution in [0, 0.1) is 5.92 Å². The molecule has 3 atom stereocenters. The third-order valence-corrected chi connectivity index (χ3v) is 3.56. The lowest BCUT2D eigenvalue weighted by Crippen LogP contribution is -2.39. The Hall–Kier alpha value is -1.35. The van der Waals surface area contributed by atoms with Gasteiger partial charge in [-0.1, -0.05) is 36.8 Å². The lowest BCUT2D eigenvalue weighted by Gasteiger charge is -2.19. The Labute approximate surface area is 102 Å². The molecule has 2 unspecified atom stereocenters. The van der Waals surface area contributed by atoms with Crippen LogP contribution >= 0.6 is 0 Å². The Morgan fingerprint density at radius 1 is 1.35 bits per heavy atom. The number of nitrogens with one attached hydrogen (secondary N) is 1. The van der Waals surface area contributed by atoms with Gasteiger partial charge in [-0.3, -0.25) is 4.79 Å². The normalized spacial score (nSPS) is 25.5. The van der Waals surface area contributed by atoms with E-state index in [-0.39, 0.29) is 23.9 Å². The Balaban J connectivity index is 1.95. The largest absolute Gasteiger partial charge is 0.349 e. The quantitative estimate of drug-likeness (QED) is 0.837. The summed E-state index contributed by atoms with van der Waals surface area (Å²) < 4.78 is 0. The third kappa shape index (κ3) is 2.86. The first kappa shape index (κ1) is 12.1. The zero-order chi connectivity index (χ0) is 12.3. The van der Waals surface area contributed by atoms with Crippen molar-refractivity contribution >= 4 is 5.91 Å². The van der Waals surface area contributed by atoms with Gasteiger partial charge in [-0.2, -0.15) is 0 Å². The molecule has 3 N–H and O–H groups in total. The second-order valence-electron chi connectivity index (χ2n) is 4.84. The highest BCUT2D eigenvalue weighted by Gasteiger charge is 2.30. The second kappa shape index (κ2) is 5.32. The Bertz CT molecular complexity index is 377. The molecule has 92 valence electrons. The van der Waals surface area contributed by atoms with E-state index in [0.717, 1.165) is 24.8 Å². The smallest absolute Gasteiger partial charge is 0.225 e. The van der Waals surface area contributed by atoms with Gasteiger partial charge in [0.1, 0.15) is 0 Å². The van der Waals surface area contributed by atoms with Crippen molar-refractivity contribution in [3.8, 4) is 0 Å². The molecule has 1 aliphatic carbocycles. The van der Waals surface area contributed by atoms with E-state index in [1.807, 2.05) is 37.3 Å². The van der Waals surface area contributed by atoms with Gasteiger partial charge in [0.25, 0.3) is 0 Å². The molecule has 1 aromatic rings. The molecule has 1 aromatic carbocycles. The fraction of sp³-hybridized carbons (Fsp3) is 0.500. The molecular formula is C14H20N2O. The van der Waals surface area contributed by atoms with Crippen molar-refractivity contribution in [1.82, 2.24) is 5.32 Å². The maximum Gasteiger partial charge on any atom is 0.225 e. The van der Waals surface area contributed by atoms with Gasteiger partial charge in [0.2, 0.25) is 5.91 Å². The molecule has 0 aromatic heterocycles. The summed E-state index contributed by atoms with van der Waals surface area (Å²) >= 11 is 0. The molecule has 1 aliphatic rings. The summed E-state index contributed by atoms with van der Waals surface area (Å²) in [6.45, 7) is 2.01. The van der Waals surface area contributed by atoms with E-state index in [4.69, 9.17) is 5.73 Å². The maximum atomic E-state index is 12.0. The van der Waals surface area contributed by atoms with Crippen molar-refractivity contribution in [3.05, 3.63) is 35.9 Å². The van der Waals surface area contributed by atoms with Crippen molar-refractivity contribution in [3.63, 3.8) is 0 Å². The number of hydrogen-bond donors (Lipinski definition) is 2. The number of benzene rings is 1. The monoisotopic (exact) mass is 232 g/mol. The van der Waals surface area contributed by atoms with Crippen molar-refractivity contribution < 1.29 is 4.79 Å². The summed E-state index contributed by atoms with van der Waals surface area (Å²) in [6, 6.07) is 10.1. The lowest BCUT2D eigenvalue weighted by atomic mass is 10.0. The molecule has 17 heavy (non-hydrogen) atoms. The first-order valence-electron chi connectivity index (χ1n) is 6.29. The minimum absolute atomic E-state index is 0.00108. The third-order valence-electron chi connectivity index (χ3n) is 3.56. The van der Waals surface area contributed by atoms with Gasteiger partial charge in [-0.05, 0) is 25.3 Å². The van der Waals surface area contributed by atoms with Gasteiger partial charge in [-0.25, -0.2) is 0 Å². The molecule has 0 bridgehead atoms. The molecule has 0 radical (unpaired) electrons. The molecule has 1 saturated carbocycles. The maximum absolute atomic E-state index is 12.0. The predicted molar refractivity (Wildman–Crippen MR) is 68.3 cm³/mol. The number of carbonyl (C=O) groups is 1. The molecule has 1 fully saturated rings. The summed E-state index contributed by atoms with van der Waals surface area (Å²) in [5.74, 6) is 0.104. The summed E-state index contributed by atoms with van der Waals surface area (Å²) in [5.41, 5.74) is 7.07. The fourth-order valence-corrected chi connectivity index (χ4v) is 2.46. The number of nitrogens with two attached hydrogens (primary N) is 1. The van der Waals surface area contributed by atoms with Gasteiger partial charge in [0.15, 0.2) is 0 Å². The minimum Gasteiger partial charge on any atom is -0.349 e. The fourth-order valence-electron chi connectivity index (χ4n) is 2.46. The molecule has 1 amide bonds. The summed E-state index contributed by atoms with van der Waals surface area (Å²) in [5, 5.41) is 3.05. The Morgan fingerprint density at radius 2 is 2.06 bits per heavy atom. The van der Waals surface area contributed by atoms with Gasteiger partial charge < -0.3 is 11.1 Å². The van der Waals surface area contributed by atoms with Crippen molar-refractivity contribution in [2.45, 2.75) is 38.3 Å². The average Bonchev–Trinajstić information content (AvgIpc) is 2.76. The van der Waals surface area contributed by atoms with Crippen molar-refractivity contribution in [2.75, 3.05) is 0 Å². The van der Waals surface area contributed by atoms with Crippen LogP contribution in [0.1, 0.15) is 37.8 Å². The van der Waals surface area contributed by atoms with Crippen LogP contribution < -0.4 is 11.1 Å². The predicted octanol–water partition coefficient (Wildman–Crippen LogP) is 1.99. The van der Waals surface area contributed by atoms with Gasteiger partial charge in [0, 0.05) is 6.04 Å². The van der Waals surface area contributed by atoms with Crippen LogP contribution in [-0.2, 0) is 4.79 Å².